The summed E-state index contributed by atoms with van der Waals surface area (Å²) in [6.45, 7) is 1.93. The van der Waals surface area contributed by atoms with Gasteiger partial charge in [-0.15, -0.1) is 0 Å². The Hall–Kier alpha value is -3.15. The maximum atomic E-state index is 14.5. The van der Waals surface area contributed by atoms with Crippen LogP contribution in [0.5, 0.6) is 5.75 Å². The fourth-order valence-corrected chi connectivity index (χ4v) is 9.08. The average molecular weight is 634 g/mol. The number of rotatable bonds is 6. The van der Waals surface area contributed by atoms with Gasteiger partial charge in [-0.05, 0) is 0 Å². The molecule has 0 bridgehead atoms. The second-order valence-electron chi connectivity index (χ2n) is 8.58. The molecule has 0 aliphatic rings. The van der Waals surface area contributed by atoms with E-state index in [1.807, 2.05) is 85.8 Å². The zero-order valence-electron chi connectivity index (χ0n) is 19.9. The topological polar surface area (TPSA) is 54.4 Å². The van der Waals surface area contributed by atoms with Crippen LogP contribution in [-0.2, 0) is 9.84 Å². The number of phenolic OH excluding ortho intramolecular Hbond substituents is 1. The molecule has 5 rings (SSSR count). The minimum absolute atomic E-state index is 0.0715. The monoisotopic (exact) mass is 634 g/mol. The number of halogens is 1. The Morgan fingerprint density at radius 1 is 0.784 bits per heavy atom. The van der Waals surface area contributed by atoms with Gasteiger partial charge in [-0.1, -0.05) is 0 Å². The fraction of sp³-hybridized carbons (Fsp3) is 0.0323. The van der Waals surface area contributed by atoms with Gasteiger partial charge in [0.1, 0.15) is 0 Å². The number of aryl methyl sites for hydroxylation is 1. The number of hydrogen-bond acceptors (Lipinski definition) is 3. The molecule has 3 nitrogen and oxygen atoms in total. The first kappa shape index (κ1) is 25.5. The van der Waals surface area contributed by atoms with Gasteiger partial charge in [-0.25, -0.2) is 0 Å². The molecular weight excluding hydrogens is 611 g/mol. The third kappa shape index (κ3) is 5.29. The zero-order chi connectivity index (χ0) is 26.0. The van der Waals surface area contributed by atoms with Crippen LogP contribution in [0.3, 0.4) is 0 Å². The third-order valence-electron chi connectivity index (χ3n) is 5.99. The predicted octanol–water partition coefficient (Wildman–Crippen LogP) is 6.95. The summed E-state index contributed by atoms with van der Waals surface area (Å²) in [5.74, 6) is -0.0715. The van der Waals surface area contributed by atoms with Crippen molar-refractivity contribution < 1.29 is 13.5 Å². The summed E-state index contributed by atoms with van der Waals surface area (Å²) in [5.41, 5.74) is 2.10. The maximum absolute atomic E-state index is 14.5. The molecule has 0 unspecified atom stereocenters. The van der Waals surface area contributed by atoms with Crippen molar-refractivity contribution in [1.82, 2.24) is 0 Å². The summed E-state index contributed by atoms with van der Waals surface area (Å²) in [4.78, 5) is 0.329. The summed E-state index contributed by atoms with van der Waals surface area (Å²) in [6.07, 6.45) is 0. The Bertz CT molecular complexity index is 1710. The molecule has 1 N–H and O–H groups in total. The third-order valence-corrected chi connectivity index (χ3v) is 11.0. The molecule has 0 saturated carbocycles. The Labute approximate surface area is 231 Å². The normalized spacial score (nSPS) is 12.4. The molecule has 5 aromatic rings. The van der Waals surface area contributed by atoms with Crippen LogP contribution in [0.4, 0.5) is 0 Å². The predicted molar refractivity (Wildman–Crippen MR) is 157 cm³/mol. The van der Waals surface area contributed by atoms with Gasteiger partial charge in [0.15, 0.2) is 0 Å². The van der Waals surface area contributed by atoms with Crippen LogP contribution in [0.25, 0.3) is 20.1 Å². The molecule has 0 amide bonds. The van der Waals surface area contributed by atoms with Crippen LogP contribution in [0.2, 0.25) is 0 Å². The van der Waals surface area contributed by atoms with Crippen molar-refractivity contribution in [2.75, 3.05) is 0 Å². The molecule has 0 radical (unpaired) electrons. The second kappa shape index (κ2) is 10.7. The van der Waals surface area contributed by atoms with E-state index >= 15 is 0 Å². The van der Waals surface area contributed by atoms with Gasteiger partial charge in [0.05, 0.1) is 0 Å². The Morgan fingerprint density at radius 3 is 2.11 bits per heavy atom. The van der Waals surface area contributed by atoms with Crippen LogP contribution in [0.1, 0.15) is 16.7 Å². The van der Waals surface area contributed by atoms with Crippen molar-refractivity contribution >= 4 is 65.3 Å². The molecule has 0 heterocycles. The molecule has 184 valence electrons. The van der Waals surface area contributed by atoms with Crippen molar-refractivity contribution in [1.29, 1.82) is 0 Å². The summed E-state index contributed by atoms with van der Waals surface area (Å²) in [6, 6.07) is 35.4. The summed E-state index contributed by atoms with van der Waals surface area (Å²) in [5, 5.41) is 12.8. The molecule has 0 aliphatic heterocycles. The standard InChI is InChI=1S/C31H23BrO3SSe/c1-21-12-16-25(17-13-21)36(34,35)30(29-27-18-15-24(32)20-23(27)14-19-28(29)33)31(22-8-4-2-5-9-22)37-26-10-6-3-7-11-26/h2-20,33H,1H3/b31-30+. The zero-order valence-corrected chi connectivity index (χ0v) is 24.0. The quantitative estimate of drug-likeness (QED) is 0.163. The summed E-state index contributed by atoms with van der Waals surface area (Å²) >= 11 is 3.14. The summed E-state index contributed by atoms with van der Waals surface area (Å²) in [7, 11) is -4.04. The van der Waals surface area contributed by atoms with E-state index < -0.39 is 9.84 Å². The van der Waals surface area contributed by atoms with Gasteiger partial charge in [-0.2, -0.15) is 0 Å². The number of benzene rings is 5. The molecule has 5 aromatic carbocycles. The van der Waals surface area contributed by atoms with E-state index in [0.29, 0.717) is 15.4 Å². The number of fused-ring (bicyclic) bond motifs is 1. The van der Waals surface area contributed by atoms with Crippen LogP contribution in [-0.4, -0.2) is 28.5 Å². The first-order valence-corrected chi connectivity index (χ1v) is 15.6. The van der Waals surface area contributed by atoms with Gasteiger partial charge in [0.2, 0.25) is 0 Å². The van der Waals surface area contributed by atoms with Gasteiger partial charge in [0.25, 0.3) is 0 Å². The molecule has 0 spiro atoms. The molecule has 0 saturated heterocycles. The number of phenols is 1. The van der Waals surface area contributed by atoms with Crippen LogP contribution >= 0.6 is 15.9 Å². The average Bonchev–Trinajstić information content (AvgIpc) is 2.91. The first-order chi connectivity index (χ1) is 17.8. The number of sulfone groups is 1. The Morgan fingerprint density at radius 2 is 1.43 bits per heavy atom. The van der Waals surface area contributed by atoms with E-state index in [-0.39, 0.29) is 30.5 Å². The van der Waals surface area contributed by atoms with Gasteiger partial charge < -0.3 is 0 Å². The van der Waals surface area contributed by atoms with E-state index in [0.717, 1.165) is 25.4 Å². The van der Waals surface area contributed by atoms with E-state index in [9.17, 15) is 13.5 Å². The van der Waals surface area contributed by atoms with Crippen molar-refractivity contribution in [2.24, 2.45) is 0 Å². The van der Waals surface area contributed by atoms with Crippen molar-refractivity contribution in [2.45, 2.75) is 11.8 Å². The first-order valence-electron chi connectivity index (χ1n) is 11.6. The molecule has 0 atom stereocenters. The van der Waals surface area contributed by atoms with Crippen molar-refractivity contribution in [3.05, 3.63) is 136 Å². The molecule has 37 heavy (non-hydrogen) atoms. The Balaban J connectivity index is 1.93. The van der Waals surface area contributed by atoms with Crippen LogP contribution in [0.15, 0.2) is 125 Å². The van der Waals surface area contributed by atoms with Gasteiger partial charge in [0, 0.05) is 0 Å². The molecular formula is C31H23BrO3SSe. The van der Waals surface area contributed by atoms with Crippen LogP contribution < -0.4 is 4.46 Å². The summed E-state index contributed by atoms with van der Waals surface area (Å²) < 4.78 is 31.7. The molecule has 0 fully saturated rings. The van der Waals surface area contributed by atoms with E-state index in [4.69, 9.17) is 0 Å². The van der Waals surface area contributed by atoms with Gasteiger partial charge >= 0.3 is 233 Å². The second-order valence-corrected chi connectivity index (χ2v) is 13.7. The Kier molecular flexibility index (Phi) is 7.36. The molecule has 6 heteroatoms. The van der Waals surface area contributed by atoms with Gasteiger partial charge in [-0.3, -0.25) is 0 Å². The fourth-order valence-electron chi connectivity index (χ4n) is 4.17. The SMILES string of the molecule is Cc1ccc(S(=O)(=O)/C(=C(/[Se]c2ccccc2)c2ccccc2)c2c(O)ccc3cc(Br)ccc23)cc1. The molecule has 0 aliphatic carbocycles. The number of hydrogen-bond donors (Lipinski definition) is 1. The number of aromatic hydroxyl groups is 1. The minimum atomic E-state index is -4.04. The van der Waals surface area contributed by atoms with E-state index in [2.05, 4.69) is 15.9 Å². The van der Waals surface area contributed by atoms with E-state index in [1.165, 1.54) is 0 Å². The van der Waals surface area contributed by atoms with Crippen LogP contribution in [0, 0.1) is 6.92 Å². The van der Waals surface area contributed by atoms with Crippen molar-refractivity contribution in [3.8, 4) is 5.75 Å². The van der Waals surface area contributed by atoms with E-state index in [1.54, 1.807) is 36.4 Å². The molecule has 0 aromatic heterocycles. The van der Waals surface area contributed by atoms with Crippen molar-refractivity contribution in [3.63, 3.8) is 0 Å².